The molecule has 0 bridgehead atoms. The molecule has 0 aliphatic heterocycles. The average Bonchev–Trinajstić information content (AvgIpc) is 3.76. The quantitative estimate of drug-likeness (QED) is 0.155. The van der Waals surface area contributed by atoms with E-state index in [4.69, 9.17) is 0 Å². The standard InChI is InChI=1S/C63H47N/c1-62(2)53-33-14-10-28-48(53)49-40-39-44(41-56(49)62)46-27-12-16-36-57(46)64(59-38-20-35-55-61(59)52-30-11-15-34-54(52)63(55,3)45-25-8-5-9-26-45)58-37-17-13-29-50(58)51-32-19-24-43-23-18-31-47(60(43)51)42-21-6-4-7-22-42/h4-41H,1-3H3. The van der Waals surface area contributed by atoms with Gasteiger partial charge >= 0.3 is 0 Å². The van der Waals surface area contributed by atoms with E-state index in [1.54, 1.807) is 0 Å². The lowest BCUT2D eigenvalue weighted by molar-refractivity contribution is 0.660. The van der Waals surface area contributed by atoms with Gasteiger partial charge in [0.05, 0.1) is 17.1 Å². The molecular weight excluding hydrogens is 771 g/mol. The molecule has 64 heavy (non-hydrogen) atoms. The van der Waals surface area contributed by atoms with Crippen molar-refractivity contribution in [2.45, 2.75) is 31.6 Å². The molecule has 304 valence electrons. The van der Waals surface area contributed by atoms with Gasteiger partial charge < -0.3 is 4.90 Å². The number of fused-ring (bicyclic) bond motifs is 7. The highest BCUT2D eigenvalue weighted by atomic mass is 15.2. The Morgan fingerprint density at radius 2 is 0.828 bits per heavy atom. The second-order valence-electron chi connectivity index (χ2n) is 18.1. The van der Waals surface area contributed by atoms with Gasteiger partial charge in [0, 0.05) is 27.5 Å². The summed E-state index contributed by atoms with van der Waals surface area (Å²) in [5.41, 5.74) is 22.0. The van der Waals surface area contributed by atoms with Crippen LogP contribution in [0.15, 0.2) is 231 Å². The Hall–Kier alpha value is -7.74. The zero-order chi connectivity index (χ0) is 43.0. The summed E-state index contributed by atoms with van der Waals surface area (Å²) in [6.07, 6.45) is 0. The SMILES string of the molecule is CC1(C)c2ccccc2-c2ccc(-c3ccccc3N(c3ccccc3-c3cccc4cccc(-c5ccccc5)c34)c3cccc4c3-c3ccccc3C4(C)c3ccccc3)cc21. The fraction of sp³-hybridized carbons (Fsp3) is 0.0794. The first-order chi connectivity index (χ1) is 31.4. The minimum absolute atomic E-state index is 0.125. The first-order valence-electron chi connectivity index (χ1n) is 22.5. The van der Waals surface area contributed by atoms with Crippen LogP contribution in [0.1, 0.15) is 48.6 Å². The van der Waals surface area contributed by atoms with E-state index in [-0.39, 0.29) is 10.8 Å². The van der Waals surface area contributed by atoms with Gasteiger partial charge in [-0.25, -0.2) is 0 Å². The van der Waals surface area contributed by atoms with Gasteiger partial charge in [0.25, 0.3) is 0 Å². The van der Waals surface area contributed by atoms with E-state index >= 15 is 0 Å². The molecule has 2 aliphatic rings. The number of para-hydroxylation sites is 2. The summed E-state index contributed by atoms with van der Waals surface area (Å²) < 4.78 is 0. The van der Waals surface area contributed by atoms with Crippen molar-refractivity contribution in [3.05, 3.63) is 258 Å². The van der Waals surface area contributed by atoms with Gasteiger partial charge in [-0.1, -0.05) is 220 Å². The molecule has 0 radical (unpaired) electrons. The third kappa shape index (κ3) is 5.64. The molecule has 12 rings (SSSR count). The minimum atomic E-state index is -0.352. The molecule has 0 heterocycles. The van der Waals surface area contributed by atoms with Crippen LogP contribution in [0.3, 0.4) is 0 Å². The molecule has 1 unspecified atom stereocenters. The number of hydrogen-bond donors (Lipinski definition) is 0. The Balaban J connectivity index is 1.15. The number of hydrogen-bond acceptors (Lipinski definition) is 1. The molecule has 2 aliphatic carbocycles. The highest BCUT2D eigenvalue weighted by Gasteiger charge is 2.43. The average molecular weight is 818 g/mol. The van der Waals surface area contributed by atoms with Crippen LogP contribution in [0.5, 0.6) is 0 Å². The van der Waals surface area contributed by atoms with Crippen molar-refractivity contribution in [3.63, 3.8) is 0 Å². The van der Waals surface area contributed by atoms with E-state index in [1.165, 1.54) is 94.2 Å². The summed E-state index contributed by atoms with van der Waals surface area (Å²) >= 11 is 0. The van der Waals surface area contributed by atoms with Crippen LogP contribution in [0, 0.1) is 0 Å². The number of nitrogens with zero attached hydrogens (tertiary/aromatic N) is 1. The number of anilines is 3. The maximum absolute atomic E-state index is 2.58. The van der Waals surface area contributed by atoms with Gasteiger partial charge in [-0.05, 0) is 109 Å². The lowest BCUT2D eigenvalue weighted by atomic mass is 9.74. The zero-order valence-electron chi connectivity index (χ0n) is 36.4. The lowest BCUT2D eigenvalue weighted by Crippen LogP contribution is -2.22. The van der Waals surface area contributed by atoms with E-state index in [2.05, 4.69) is 256 Å². The van der Waals surface area contributed by atoms with E-state index in [0.717, 1.165) is 17.1 Å². The van der Waals surface area contributed by atoms with Crippen LogP contribution >= 0.6 is 0 Å². The predicted molar refractivity (Wildman–Crippen MR) is 270 cm³/mol. The monoisotopic (exact) mass is 817 g/mol. The molecule has 1 atom stereocenters. The van der Waals surface area contributed by atoms with Gasteiger partial charge in [0.15, 0.2) is 0 Å². The van der Waals surface area contributed by atoms with Crippen LogP contribution in [0.25, 0.3) is 66.4 Å². The highest BCUT2D eigenvalue weighted by Crippen LogP contribution is 2.58. The first kappa shape index (κ1) is 38.0. The summed E-state index contributed by atoms with van der Waals surface area (Å²) in [4.78, 5) is 2.58. The van der Waals surface area contributed by atoms with Crippen LogP contribution in [-0.4, -0.2) is 0 Å². The summed E-state index contributed by atoms with van der Waals surface area (Å²) in [6.45, 7) is 7.16. The Bertz CT molecular complexity index is 3430. The first-order valence-corrected chi connectivity index (χ1v) is 22.5. The topological polar surface area (TPSA) is 3.24 Å². The van der Waals surface area contributed by atoms with E-state index < -0.39 is 0 Å². The summed E-state index contributed by atoms with van der Waals surface area (Å²) in [5, 5.41) is 2.47. The lowest BCUT2D eigenvalue weighted by Gasteiger charge is -2.33. The number of rotatable bonds is 7. The van der Waals surface area contributed by atoms with Crippen molar-refractivity contribution in [1.82, 2.24) is 0 Å². The smallest absolute Gasteiger partial charge is 0.0543 e. The predicted octanol–water partition coefficient (Wildman–Crippen LogP) is 17.0. The maximum Gasteiger partial charge on any atom is 0.0543 e. The molecule has 10 aromatic carbocycles. The van der Waals surface area contributed by atoms with Crippen LogP contribution in [-0.2, 0) is 10.8 Å². The van der Waals surface area contributed by atoms with Gasteiger partial charge in [0.2, 0.25) is 0 Å². The normalized spacial score (nSPS) is 15.3. The largest absolute Gasteiger partial charge is 0.309 e. The molecular formula is C63H47N. The van der Waals surface area contributed by atoms with Crippen molar-refractivity contribution in [2.75, 3.05) is 4.90 Å². The minimum Gasteiger partial charge on any atom is -0.309 e. The third-order valence-electron chi connectivity index (χ3n) is 14.4. The molecule has 0 spiro atoms. The molecule has 0 aromatic heterocycles. The fourth-order valence-corrected chi connectivity index (χ4v) is 11.3. The van der Waals surface area contributed by atoms with Crippen molar-refractivity contribution in [3.8, 4) is 55.6 Å². The molecule has 10 aromatic rings. The molecule has 0 amide bonds. The van der Waals surface area contributed by atoms with Crippen molar-refractivity contribution in [1.29, 1.82) is 0 Å². The Labute approximate surface area is 376 Å². The summed E-state index contributed by atoms with van der Waals surface area (Å²) in [5.74, 6) is 0. The molecule has 0 N–H and O–H groups in total. The van der Waals surface area contributed by atoms with Gasteiger partial charge in [-0.2, -0.15) is 0 Å². The Morgan fingerprint density at radius 3 is 1.58 bits per heavy atom. The van der Waals surface area contributed by atoms with Crippen molar-refractivity contribution >= 4 is 27.8 Å². The molecule has 0 fully saturated rings. The Morgan fingerprint density at radius 1 is 0.312 bits per heavy atom. The second-order valence-corrected chi connectivity index (χ2v) is 18.1. The third-order valence-corrected chi connectivity index (χ3v) is 14.4. The van der Waals surface area contributed by atoms with Gasteiger partial charge in [-0.3, -0.25) is 0 Å². The molecule has 1 heteroatoms. The molecule has 1 nitrogen and oxygen atoms in total. The summed E-state index contributed by atoms with van der Waals surface area (Å²) in [6, 6.07) is 85.6. The van der Waals surface area contributed by atoms with E-state index in [1.807, 2.05) is 0 Å². The zero-order valence-corrected chi connectivity index (χ0v) is 36.4. The highest BCUT2D eigenvalue weighted by molar-refractivity contribution is 6.10. The van der Waals surface area contributed by atoms with E-state index in [0.29, 0.717) is 0 Å². The molecule has 0 saturated heterocycles. The number of benzene rings is 10. The van der Waals surface area contributed by atoms with E-state index in [9.17, 15) is 0 Å². The van der Waals surface area contributed by atoms with Gasteiger partial charge in [0.1, 0.15) is 0 Å². The van der Waals surface area contributed by atoms with Crippen LogP contribution < -0.4 is 4.90 Å². The second kappa shape index (κ2) is 14.7. The maximum atomic E-state index is 2.58. The van der Waals surface area contributed by atoms with Crippen LogP contribution in [0.4, 0.5) is 17.1 Å². The van der Waals surface area contributed by atoms with Gasteiger partial charge in [-0.15, -0.1) is 0 Å². The van der Waals surface area contributed by atoms with Crippen molar-refractivity contribution in [2.24, 2.45) is 0 Å². The Kier molecular flexibility index (Phi) is 8.71. The van der Waals surface area contributed by atoms with Crippen molar-refractivity contribution < 1.29 is 0 Å². The summed E-state index contributed by atoms with van der Waals surface area (Å²) in [7, 11) is 0. The van der Waals surface area contributed by atoms with Crippen LogP contribution in [0.2, 0.25) is 0 Å². The fourth-order valence-electron chi connectivity index (χ4n) is 11.3. The molecule has 0 saturated carbocycles.